The number of pyridine rings is 1. The summed E-state index contributed by atoms with van der Waals surface area (Å²) in [4.78, 5) is 27.1. The van der Waals surface area contributed by atoms with Crippen LogP contribution in [0.1, 0.15) is 25.8 Å². The van der Waals surface area contributed by atoms with E-state index in [0.29, 0.717) is 22.5 Å². The van der Waals surface area contributed by atoms with E-state index in [4.69, 9.17) is 4.74 Å². The Labute approximate surface area is 156 Å². The maximum absolute atomic E-state index is 13.3. The molecule has 0 radical (unpaired) electrons. The second-order valence-electron chi connectivity index (χ2n) is 6.57. The van der Waals surface area contributed by atoms with Gasteiger partial charge in [0.05, 0.1) is 17.3 Å². The van der Waals surface area contributed by atoms with Gasteiger partial charge in [-0.05, 0) is 62.1 Å². The van der Waals surface area contributed by atoms with E-state index < -0.39 is 5.82 Å². The fourth-order valence-electron chi connectivity index (χ4n) is 2.79. The number of rotatable bonds is 6. The molecule has 1 aromatic heterocycles. The Morgan fingerprint density at radius 3 is 2.74 bits per heavy atom. The molecule has 5 nitrogen and oxygen atoms in total. The Hall–Kier alpha value is -3.15. The summed E-state index contributed by atoms with van der Waals surface area (Å²) in [6.07, 6.45) is 0.414. The average Bonchev–Trinajstić information content (AvgIpc) is 2.61. The van der Waals surface area contributed by atoms with Gasteiger partial charge in [0.1, 0.15) is 11.6 Å². The molecule has 1 amide bonds. The van der Waals surface area contributed by atoms with E-state index in [9.17, 15) is 14.0 Å². The van der Waals surface area contributed by atoms with Crippen LogP contribution in [-0.4, -0.2) is 17.0 Å². The van der Waals surface area contributed by atoms with Crippen molar-refractivity contribution in [3.63, 3.8) is 0 Å². The monoisotopic (exact) mass is 368 g/mol. The lowest BCUT2D eigenvalue weighted by atomic mass is 10.1. The number of aromatic amines is 1. The maximum Gasteiger partial charge on any atom is 0.251 e. The van der Waals surface area contributed by atoms with Gasteiger partial charge in [0, 0.05) is 12.0 Å². The molecule has 140 valence electrons. The summed E-state index contributed by atoms with van der Waals surface area (Å²) in [5.74, 6) is -0.0209. The number of carbonyl (C=O) groups excluding carboxylic acids is 1. The fourth-order valence-corrected chi connectivity index (χ4v) is 2.79. The number of halogens is 1. The van der Waals surface area contributed by atoms with Crippen LogP contribution in [0.5, 0.6) is 5.75 Å². The van der Waals surface area contributed by atoms with Gasteiger partial charge in [-0.1, -0.05) is 12.1 Å². The summed E-state index contributed by atoms with van der Waals surface area (Å²) in [5.41, 5.74) is 1.20. The number of hydrogen-bond donors (Lipinski definition) is 2. The van der Waals surface area contributed by atoms with Crippen molar-refractivity contribution in [1.29, 1.82) is 0 Å². The minimum Gasteiger partial charge on any atom is -0.489 e. The van der Waals surface area contributed by atoms with Crippen LogP contribution >= 0.6 is 0 Å². The molecule has 0 aliphatic heterocycles. The van der Waals surface area contributed by atoms with Crippen LogP contribution in [0.25, 0.3) is 10.9 Å². The van der Waals surface area contributed by atoms with Crippen molar-refractivity contribution in [3.05, 3.63) is 70.3 Å². The summed E-state index contributed by atoms with van der Waals surface area (Å²) >= 11 is 0. The fraction of sp³-hybridized carbons (Fsp3) is 0.238. The summed E-state index contributed by atoms with van der Waals surface area (Å²) in [7, 11) is 0. The summed E-state index contributed by atoms with van der Waals surface area (Å²) in [5, 5.41) is 3.55. The van der Waals surface area contributed by atoms with Crippen molar-refractivity contribution in [1.82, 2.24) is 4.98 Å². The predicted octanol–water partition coefficient (Wildman–Crippen LogP) is 4.03. The minimum atomic E-state index is -0.410. The third-order valence-corrected chi connectivity index (χ3v) is 4.03. The number of nitrogens with one attached hydrogen (secondary N) is 2. The first kappa shape index (κ1) is 18.6. The first-order valence-electron chi connectivity index (χ1n) is 8.79. The summed E-state index contributed by atoms with van der Waals surface area (Å²) in [6, 6.07) is 13.1. The van der Waals surface area contributed by atoms with Crippen molar-refractivity contribution in [2.45, 2.75) is 32.8 Å². The molecule has 2 N–H and O–H groups in total. The van der Waals surface area contributed by atoms with E-state index in [1.165, 1.54) is 12.1 Å². The van der Waals surface area contributed by atoms with Gasteiger partial charge >= 0.3 is 0 Å². The molecule has 0 saturated heterocycles. The van der Waals surface area contributed by atoms with Crippen LogP contribution in [-0.2, 0) is 11.2 Å². The molecular weight excluding hydrogens is 347 g/mol. The number of aromatic nitrogens is 1. The molecule has 0 aliphatic rings. The van der Waals surface area contributed by atoms with Crippen LogP contribution in [0.2, 0.25) is 0 Å². The number of para-hydroxylation sites is 2. The first-order valence-corrected chi connectivity index (χ1v) is 8.79. The van der Waals surface area contributed by atoms with Gasteiger partial charge < -0.3 is 15.0 Å². The van der Waals surface area contributed by atoms with Gasteiger partial charge in [0.15, 0.2) is 0 Å². The normalized spacial score (nSPS) is 11.0. The molecule has 0 fully saturated rings. The number of carbonyl (C=O) groups is 1. The lowest BCUT2D eigenvalue weighted by Gasteiger charge is -2.14. The summed E-state index contributed by atoms with van der Waals surface area (Å²) < 4.78 is 18.9. The molecule has 0 aliphatic carbocycles. The SMILES string of the molecule is CC(C)Oc1ccccc1NC(=O)CCc1cc2ccc(F)cc2[nH]c1=O. The van der Waals surface area contributed by atoms with Crippen LogP contribution in [0.4, 0.5) is 10.1 Å². The van der Waals surface area contributed by atoms with Crippen molar-refractivity contribution in [2.24, 2.45) is 0 Å². The van der Waals surface area contributed by atoms with Gasteiger partial charge in [-0.2, -0.15) is 0 Å². The molecule has 0 spiro atoms. The second-order valence-corrected chi connectivity index (χ2v) is 6.57. The van der Waals surface area contributed by atoms with Crippen LogP contribution in [0, 0.1) is 5.82 Å². The van der Waals surface area contributed by atoms with E-state index in [2.05, 4.69) is 10.3 Å². The zero-order valence-electron chi connectivity index (χ0n) is 15.2. The molecule has 0 unspecified atom stereocenters. The van der Waals surface area contributed by atoms with Gasteiger partial charge in [-0.25, -0.2) is 4.39 Å². The van der Waals surface area contributed by atoms with Crippen LogP contribution in [0.15, 0.2) is 53.3 Å². The average molecular weight is 368 g/mol. The van der Waals surface area contributed by atoms with Crippen molar-refractivity contribution in [2.75, 3.05) is 5.32 Å². The van der Waals surface area contributed by atoms with Gasteiger partial charge in [0.25, 0.3) is 5.56 Å². The predicted molar refractivity (Wildman–Crippen MR) is 104 cm³/mol. The molecule has 0 atom stereocenters. The first-order chi connectivity index (χ1) is 12.9. The van der Waals surface area contributed by atoms with E-state index in [0.717, 1.165) is 5.39 Å². The molecule has 0 bridgehead atoms. The zero-order chi connectivity index (χ0) is 19.4. The van der Waals surface area contributed by atoms with Gasteiger partial charge in [-0.3, -0.25) is 9.59 Å². The smallest absolute Gasteiger partial charge is 0.251 e. The zero-order valence-corrected chi connectivity index (χ0v) is 15.2. The highest BCUT2D eigenvalue weighted by Crippen LogP contribution is 2.25. The highest BCUT2D eigenvalue weighted by molar-refractivity contribution is 5.92. The second kappa shape index (κ2) is 8.03. The quantitative estimate of drug-likeness (QED) is 0.690. The van der Waals surface area contributed by atoms with Gasteiger partial charge in [0.2, 0.25) is 5.91 Å². The molecule has 0 saturated carbocycles. The third kappa shape index (κ3) is 4.73. The van der Waals surface area contributed by atoms with E-state index in [-0.39, 0.29) is 30.4 Å². The van der Waals surface area contributed by atoms with Crippen LogP contribution < -0.4 is 15.6 Å². The number of fused-ring (bicyclic) bond motifs is 1. The maximum atomic E-state index is 13.3. The highest BCUT2D eigenvalue weighted by Gasteiger charge is 2.11. The van der Waals surface area contributed by atoms with Crippen molar-refractivity contribution < 1.29 is 13.9 Å². The number of amides is 1. The molecule has 27 heavy (non-hydrogen) atoms. The third-order valence-electron chi connectivity index (χ3n) is 4.03. The lowest BCUT2D eigenvalue weighted by Crippen LogP contribution is -2.18. The molecule has 3 rings (SSSR count). The topological polar surface area (TPSA) is 71.2 Å². The number of anilines is 1. The summed E-state index contributed by atoms with van der Waals surface area (Å²) in [6.45, 7) is 3.83. The van der Waals surface area contributed by atoms with E-state index in [1.54, 1.807) is 24.3 Å². The highest BCUT2D eigenvalue weighted by atomic mass is 19.1. The van der Waals surface area contributed by atoms with E-state index >= 15 is 0 Å². The number of H-pyrrole nitrogens is 1. The molecule has 6 heteroatoms. The van der Waals surface area contributed by atoms with Crippen LogP contribution in [0.3, 0.4) is 0 Å². The molecule has 2 aromatic carbocycles. The Bertz CT molecular complexity index is 1030. The Morgan fingerprint density at radius 1 is 1.19 bits per heavy atom. The molecule has 3 aromatic rings. The molecular formula is C21H21FN2O3. The standard InChI is InChI=1S/C21H21FN2O3/c1-13(2)27-19-6-4-3-5-17(19)23-20(25)10-8-15-11-14-7-9-16(22)12-18(14)24-21(15)26/h3-7,9,11-13H,8,10H2,1-2H3,(H,23,25)(H,24,26). The number of ether oxygens (including phenoxy) is 1. The Balaban J connectivity index is 1.70. The largest absolute Gasteiger partial charge is 0.489 e. The molecule has 1 heterocycles. The minimum absolute atomic E-state index is 0.0101. The number of aryl methyl sites for hydroxylation is 1. The van der Waals surface area contributed by atoms with Crippen molar-refractivity contribution in [3.8, 4) is 5.75 Å². The Morgan fingerprint density at radius 2 is 1.96 bits per heavy atom. The Kier molecular flexibility index (Phi) is 5.54. The lowest BCUT2D eigenvalue weighted by molar-refractivity contribution is -0.116. The number of hydrogen-bond acceptors (Lipinski definition) is 3. The number of benzene rings is 2. The van der Waals surface area contributed by atoms with E-state index in [1.807, 2.05) is 26.0 Å². The van der Waals surface area contributed by atoms with Gasteiger partial charge in [-0.15, -0.1) is 0 Å². The van der Waals surface area contributed by atoms with Crippen molar-refractivity contribution >= 4 is 22.5 Å².